The normalized spacial score (nSPS) is 12.5. The van der Waals surface area contributed by atoms with E-state index < -0.39 is 5.92 Å². The Morgan fingerprint density at radius 2 is 2.29 bits per heavy atom. The lowest BCUT2D eigenvalue weighted by atomic mass is 9.90. The van der Waals surface area contributed by atoms with Crippen LogP contribution < -0.4 is 0 Å². The maximum Gasteiger partial charge on any atom is 0.181 e. The fraction of sp³-hybridized carbons (Fsp3) is 0.400. The van der Waals surface area contributed by atoms with Crippen molar-refractivity contribution in [2.24, 2.45) is 11.8 Å². The number of thiophene rings is 1. The summed E-state index contributed by atoms with van der Waals surface area (Å²) in [5.74, 6) is -0.549. The van der Waals surface area contributed by atoms with Gasteiger partial charge in [0.15, 0.2) is 5.78 Å². The highest BCUT2D eigenvalue weighted by Gasteiger charge is 2.23. The summed E-state index contributed by atoms with van der Waals surface area (Å²) in [6, 6.07) is 3.81. The molecule has 0 aromatic carbocycles. The molecule has 1 rings (SSSR count). The van der Waals surface area contributed by atoms with Gasteiger partial charge in [-0.1, -0.05) is 13.8 Å². The molecule has 0 spiro atoms. The van der Waals surface area contributed by atoms with Crippen molar-refractivity contribution in [3.63, 3.8) is 0 Å². The molecule has 0 aliphatic heterocycles. The van der Waals surface area contributed by atoms with Crippen LogP contribution in [0.1, 0.15) is 24.2 Å². The van der Waals surface area contributed by atoms with E-state index in [-0.39, 0.29) is 11.7 Å². The van der Waals surface area contributed by atoms with Crippen LogP contribution in [0.25, 0.3) is 0 Å². The average Bonchev–Trinajstić information content (AvgIpc) is 2.52. The number of hydrogen-bond acceptors (Lipinski definition) is 3. The van der Waals surface area contributed by atoms with Crippen molar-refractivity contribution in [2.75, 3.05) is 0 Å². The SMILES string of the molecule is CC(C)C(C#N)C(=O)c1csc(Br)c1. The highest BCUT2D eigenvalue weighted by molar-refractivity contribution is 9.11. The molecule has 0 N–H and O–H groups in total. The second kappa shape index (κ2) is 4.72. The lowest BCUT2D eigenvalue weighted by Gasteiger charge is -2.09. The molecule has 0 aliphatic rings. The Morgan fingerprint density at radius 3 is 2.64 bits per heavy atom. The third kappa shape index (κ3) is 2.43. The van der Waals surface area contributed by atoms with E-state index in [1.54, 1.807) is 11.4 Å². The lowest BCUT2D eigenvalue weighted by molar-refractivity contribution is 0.0925. The number of halogens is 1. The van der Waals surface area contributed by atoms with Gasteiger partial charge in [-0.25, -0.2) is 0 Å². The highest BCUT2D eigenvalue weighted by Crippen LogP contribution is 2.24. The van der Waals surface area contributed by atoms with Gasteiger partial charge in [0, 0.05) is 10.9 Å². The molecule has 4 heteroatoms. The van der Waals surface area contributed by atoms with Crippen molar-refractivity contribution >= 4 is 33.0 Å². The first-order valence-electron chi connectivity index (χ1n) is 4.24. The molecule has 0 bridgehead atoms. The zero-order chi connectivity index (χ0) is 10.7. The number of Topliss-reactive ketones (excluding diaryl/α,β-unsaturated/α-hetero) is 1. The fourth-order valence-corrected chi connectivity index (χ4v) is 2.28. The van der Waals surface area contributed by atoms with Gasteiger partial charge in [-0.3, -0.25) is 4.79 Å². The minimum Gasteiger partial charge on any atom is -0.293 e. The molecule has 0 saturated heterocycles. The number of carbonyl (C=O) groups excluding carboxylic acids is 1. The summed E-state index contributed by atoms with van der Waals surface area (Å²) in [7, 11) is 0. The van der Waals surface area contributed by atoms with Crippen molar-refractivity contribution in [3.05, 3.63) is 20.8 Å². The number of nitrogens with zero attached hydrogens (tertiary/aromatic N) is 1. The van der Waals surface area contributed by atoms with Crippen molar-refractivity contribution in [2.45, 2.75) is 13.8 Å². The molecule has 2 nitrogen and oxygen atoms in total. The number of carbonyl (C=O) groups is 1. The molecule has 14 heavy (non-hydrogen) atoms. The summed E-state index contributed by atoms with van der Waals surface area (Å²) in [4.78, 5) is 11.8. The van der Waals surface area contributed by atoms with E-state index in [2.05, 4.69) is 15.9 Å². The first-order chi connectivity index (χ1) is 6.56. The van der Waals surface area contributed by atoms with Crippen LogP contribution in [0.15, 0.2) is 15.2 Å². The number of ketones is 1. The van der Waals surface area contributed by atoms with E-state index in [0.29, 0.717) is 5.56 Å². The summed E-state index contributed by atoms with van der Waals surface area (Å²) in [5.41, 5.74) is 0.627. The van der Waals surface area contributed by atoms with Gasteiger partial charge in [-0.15, -0.1) is 11.3 Å². The minimum atomic E-state index is -0.531. The van der Waals surface area contributed by atoms with E-state index >= 15 is 0 Å². The zero-order valence-electron chi connectivity index (χ0n) is 7.95. The Balaban J connectivity index is 2.90. The Bertz CT molecular complexity index is 378. The Kier molecular flexibility index (Phi) is 3.85. The van der Waals surface area contributed by atoms with Gasteiger partial charge in [-0.2, -0.15) is 5.26 Å². The van der Waals surface area contributed by atoms with Crippen molar-refractivity contribution in [1.82, 2.24) is 0 Å². The van der Waals surface area contributed by atoms with Gasteiger partial charge in [0.25, 0.3) is 0 Å². The molecule has 0 saturated carbocycles. The van der Waals surface area contributed by atoms with E-state index in [1.807, 2.05) is 19.9 Å². The van der Waals surface area contributed by atoms with Gasteiger partial charge in [0.2, 0.25) is 0 Å². The summed E-state index contributed by atoms with van der Waals surface area (Å²) in [6.45, 7) is 3.76. The van der Waals surface area contributed by atoms with Gasteiger partial charge in [0.1, 0.15) is 5.92 Å². The minimum absolute atomic E-state index is 0.0613. The Labute approximate surface area is 95.7 Å². The summed E-state index contributed by atoms with van der Waals surface area (Å²) in [6.07, 6.45) is 0. The fourth-order valence-electron chi connectivity index (χ4n) is 1.13. The van der Waals surface area contributed by atoms with E-state index in [1.165, 1.54) is 11.3 Å². The monoisotopic (exact) mass is 271 g/mol. The number of rotatable bonds is 3. The third-order valence-electron chi connectivity index (χ3n) is 1.94. The molecule has 1 heterocycles. The van der Waals surface area contributed by atoms with Crippen molar-refractivity contribution in [3.8, 4) is 6.07 Å². The van der Waals surface area contributed by atoms with Gasteiger partial charge in [0.05, 0.1) is 9.86 Å². The topological polar surface area (TPSA) is 40.9 Å². The van der Waals surface area contributed by atoms with Crippen LogP contribution in [0.3, 0.4) is 0 Å². The number of nitriles is 1. The molecule has 1 aromatic rings. The number of hydrogen-bond donors (Lipinski definition) is 0. The molecular formula is C10H10BrNOS. The smallest absolute Gasteiger partial charge is 0.181 e. The summed E-state index contributed by atoms with van der Waals surface area (Å²) >= 11 is 4.75. The van der Waals surface area contributed by atoms with E-state index in [9.17, 15) is 4.79 Å². The quantitative estimate of drug-likeness (QED) is 0.790. The van der Waals surface area contributed by atoms with Crippen LogP contribution in [0.5, 0.6) is 0 Å². The second-order valence-electron chi connectivity index (χ2n) is 3.35. The maximum absolute atomic E-state index is 11.8. The standard InChI is InChI=1S/C10H10BrNOS/c1-6(2)8(4-12)10(13)7-3-9(11)14-5-7/h3,5-6,8H,1-2H3. The second-order valence-corrected chi connectivity index (χ2v) is 5.64. The molecular weight excluding hydrogens is 262 g/mol. The van der Waals surface area contributed by atoms with Crippen LogP contribution in [0.2, 0.25) is 0 Å². The third-order valence-corrected chi connectivity index (χ3v) is 3.44. The molecule has 1 aromatic heterocycles. The zero-order valence-corrected chi connectivity index (χ0v) is 10.4. The van der Waals surface area contributed by atoms with Crippen LogP contribution in [0.4, 0.5) is 0 Å². The Hall–Kier alpha value is -0.660. The molecule has 1 atom stereocenters. The van der Waals surface area contributed by atoms with E-state index in [4.69, 9.17) is 5.26 Å². The first kappa shape index (κ1) is 11.4. The first-order valence-corrected chi connectivity index (χ1v) is 5.91. The van der Waals surface area contributed by atoms with Crippen molar-refractivity contribution in [1.29, 1.82) is 5.26 Å². The van der Waals surface area contributed by atoms with Gasteiger partial charge < -0.3 is 0 Å². The van der Waals surface area contributed by atoms with E-state index in [0.717, 1.165) is 3.79 Å². The van der Waals surface area contributed by atoms with Crippen LogP contribution >= 0.6 is 27.3 Å². The Morgan fingerprint density at radius 1 is 1.64 bits per heavy atom. The lowest BCUT2D eigenvalue weighted by Crippen LogP contribution is -2.17. The summed E-state index contributed by atoms with van der Waals surface area (Å²) in [5, 5.41) is 10.6. The predicted octanol–water partition coefficient (Wildman–Crippen LogP) is 3.49. The van der Waals surface area contributed by atoms with Crippen LogP contribution in [-0.2, 0) is 0 Å². The van der Waals surface area contributed by atoms with Gasteiger partial charge in [-0.05, 0) is 27.9 Å². The highest BCUT2D eigenvalue weighted by atomic mass is 79.9. The largest absolute Gasteiger partial charge is 0.293 e. The molecule has 0 amide bonds. The predicted molar refractivity (Wildman–Crippen MR) is 60.3 cm³/mol. The molecule has 1 unspecified atom stereocenters. The average molecular weight is 272 g/mol. The van der Waals surface area contributed by atoms with Crippen LogP contribution in [0, 0.1) is 23.2 Å². The van der Waals surface area contributed by atoms with Crippen molar-refractivity contribution < 1.29 is 4.79 Å². The summed E-state index contributed by atoms with van der Waals surface area (Å²) < 4.78 is 0.918. The molecule has 0 aliphatic carbocycles. The molecule has 0 fully saturated rings. The van der Waals surface area contributed by atoms with Crippen LogP contribution in [-0.4, -0.2) is 5.78 Å². The molecule has 74 valence electrons. The van der Waals surface area contributed by atoms with Gasteiger partial charge >= 0.3 is 0 Å². The maximum atomic E-state index is 11.8. The molecule has 0 radical (unpaired) electrons.